The van der Waals surface area contributed by atoms with Gasteiger partial charge in [-0.3, -0.25) is 4.79 Å². The normalized spacial score (nSPS) is 15.5. The molecule has 0 aliphatic heterocycles. The van der Waals surface area contributed by atoms with Gasteiger partial charge in [0, 0.05) is 6.42 Å². The molecule has 4 nitrogen and oxygen atoms in total. The van der Waals surface area contributed by atoms with Crippen molar-refractivity contribution in [3.8, 4) is 0 Å². The molecular formula is C22H32O4. The van der Waals surface area contributed by atoms with Crippen LogP contribution in [-0.4, -0.2) is 33.5 Å². The Morgan fingerprint density at radius 1 is 0.808 bits per heavy atom. The fourth-order valence-electron chi connectivity index (χ4n) is 1.88. The van der Waals surface area contributed by atoms with E-state index in [1.165, 1.54) is 0 Å². The Hall–Kier alpha value is -2.17. The van der Waals surface area contributed by atoms with Crippen molar-refractivity contribution in [2.24, 2.45) is 0 Å². The number of carboxylic acid groups (broad SMARTS) is 1. The average Bonchev–Trinajstić information content (AvgIpc) is 2.58. The summed E-state index contributed by atoms with van der Waals surface area (Å²) in [4.78, 5) is 10.3. The van der Waals surface area contributed by atoms with E-state index in [1.807, 2.05) is 60.8 Å². The quantitative estimate of drug-likeness (QED) is 0.315. The molecule has 3 N–H and O–H groups in total. The summed E-state index contributed by atoms with van der Waals surface area (Å²) in [7, 11) is 0. The molecule has 0 bridgehead atoms. The van der Waals surface area contributed by atoms with Crippen LogP contribution < -0.4 is 0 Å². The zero-order valence-corrected chi connectivity index (χ0v) is 15.6. The van der Waals surface area contributed by atoms with Crippen LogP contribution >= 0.6 is 0 Å². The molecule has 0 saturated carbocycles. The monoisotopic (exact) mass is 360 g/mol. The number of carbonyl (C=O) groups is 1. The number of hydrogen-bond donors (Lipinski definition) is 3. The molecule has 0 aliphatic carbocycles. The highest BCUT2D eigenvalue weighted by Gasteiger charge is 1.93. The van der Waals surface area contributed by atoms with Gasteiger partial charge in [0.05, 0.1) is 12.2 Å². The van der Waals surface area contributed by atoms with Crippen molar-refractivity contribution in [2.75, 3.05) is 0 Å². The van der Waals surface area contributed by atoms with Crippen LogP contribution in [0.2, 0.25) is 0 Å². The van der Waals surface area contributed by atoms with E-state index in [9.17, 15) is 9.90 Å². The summed E-state index contributed by atoms with van der Waals surface area (Å²) in [6.07, 6.45) is 25.7. The van der Waals surface area contributed by atoms with Crippen LogP contribution in [0.5, 0.6) is 0 Å². The number of carboxylic acids is 1. The molecule has 0 amide bonds. The van der Waals surface area contributed by atoms with Crippen LogP contribution in [0, 0.1) is 0 Å². The van der Waals surface area contributed by atoms with Crippen LogP contribution in [0.4, 0.5) is 0 Å². The number of hydrogen-bond acceptors (Lipinski definition) is 3. The molecule has 0 aliphatic rings. The molecule has 26 heavy (non-hydrogen) atoms. The average molecular weight is 360 g/mol. The lowest BCUT2D eigenvalue weighted by molar-refractivity contribution is -0.136. The maximum atomic E-state index is 10.3. The SMILES string of the molecule is CC(O)/C=C\C/C=C\C[C@H](O)/C=C/C=C\C/C=C\C/C=C\CCC(=O)O. The van der Waals surface area contributed by atoms with Gasteiger partial charge in [-0.2, -0.15) is 0 Å². The Bertz CT molecular complexity index is 522. The summed E-state index contributed by atoms with van der Waals surface area (Å²) in [5.41, 5.74) is 0. The van der Waals surface area contributed by atoms with Gasteiger partial charge in [-0.1, -0.05) is 72.9 Å². The highest BCUT2D eigenvalue weighted by Crippen LogP contribution is 1.99. The summed E-state index contributed by atoms with van der Waals surface area (Å²) in [5, 5.41) is 27.3. The van der Waals surface area contributed by atoms with E-state index in [0.717, 1.165) is 19.3 Å². The van der Waals surface area contributed by atoms with E-state index < -0.39 is 18.2 Å². The van der Waals surface area contributed by atoms with E-state index in [4.69, 9.17) is 10.2 Å². The minimum absolute atomic E-state index is 0.178. The molecule has 0 radical (unpaired) electrons. The molecule has 0 fully saturated rings. The van der Waals surface area contributed by atoms with Gasteiger partial charge in [-0.05, 0) is 39.0 Å². The molecular weight excluding hydrogens is 328 g/mol. The van der Waals surface area contributed by atoms with Crippen LogP contribution in [0.25, 0.3) is 0 Å². The molecule has 0 saturated heterocycles. The van der Waals surface area contributed by atoms with E-state index in [-0.39, 0.29) is 6.42 Å². The first-order valence-corrected chi connectivity index (χ1v) is 9.05. The molecule has 4 heteroatoms. The van der Waals surface area contributed by atoms with E-state index in [1.54, 1.807) is 19.1 Å². The van der Waals surface area contributed by atoms with E-state index >= 15 is 0 Å². The molecule has 0 heterocycles. The van der Waals surface area contributed by atoms with E-state index in [0.29, 0.717) is 12.8 Å². The van der Waals surface area contributed by atoms with Crippen molar-refractivity contribution < 1.29 is 20.1 Å². The van der Waals surface area contributed by atoms with Gasteiger partial charge in [0.1, 0.15) is 0 Å². The number of aliphatic carboxylic acids is 1. The fraction of sp³-hybridized carbons (Fsp3) is 0.409. The highest BCUT2D eigenvalue weighted by molar-refractivity contribution is 5.66. The van der Waals surface area contributed by atoms with Gasteiger partial charge in [-0.25, -0.2) is 0 Å². The zero-order chi connectivity index (χ0) is 19.5. The lowest BCUT2D eigenvalue weighted by Crippen LogP contribution is -1.98. The fourth-order valence-corrected chi connectivity index (χ4v) is 1.88. The van der Waals surface area contributed by atoms with Crippen LogP contribution in [0.3, 0.4) is 0 Å². The molecule has 0 aromatic heterocycles. The smallest absolute Gasteiger partial charge is 0.303 e. The molecule has 2 atom stereocenters. The van der Waals surface area contributed by atoms with Crippen molar-refractivity contribution in [1.29, 1.82) is 0 Å². The Morgan fingerprint density at radius 3 is 2.12 bits per heavy atom. The number of aliphatic hydroxyl groups is 2. The molecule has 0 aromatic rings. The number of rotatable bonds is 14. The Kier molecular flexibility index (Phi) is 16.2. The van der Waals surface area contributed by atoms with Gasteiger partial charge in [0.15, 0.2) is 0 Å². The van der Waals surface area contributed by atoms with Crippen molar-refractivity contribution >= 4 is 5.97 Å². The predicted octanol–water partition coefficient (Wildman–Crippen LogP) is 4.49. The number of allylic oxidation sites excluding steroid dienone is 9. The summed E-state index contributed by atoms with van der Waals surface area (Å²) in [6, 6.07) is 0. The first-order chi connectivity index (χ1) is 12.5. The third kappa shape index (κ3) is 19.9. The highest BCUT2D eigenvalue weighted by atomic mass is 16.4. The number of aliphatic hydroxyl groups excluding tert-OH is 2. The standard InChI is InChI=1S/C22H32O4/c1-20(23)16-12-10-11-14-18-21(24)17-13-8-6-4-2-3-5-7-9-15-19-22(25)26/h2-3,6-9,11-14,16-17,20-21,23-24H,4-5,10,15,18-19H2,1H3,(H,25,26)/b3-2-,8-6-,9-7-,14-11-,16-12-,17-13+/t20?,21-/m1/s1. The van der Waals surface area contributed by atoms with Crippen molar-refractivity contribution in [2.45, 2.75) is 57.7 Å². The lowest BCUT2D eigenvalue weighted by Gasteiger charge is -1.98. The van der Waals surface area contributed by atoms with Gasteiger partial charge in [0.2, 0.25) is 0 Å². The van der Waals surface area contributed by atoms with Crippen molar-refractivity contribution in [3.63, 3.8) is 0 Å². The molecule has 144 valence electrons. The van der Waals surface area contributed by atoms with Crippen LogP contribution in [0.1, 0.15) is 45.4 Å². The Morgan fingerprint density at radius 2 is 1.42 bits per heavy atom. The molecule has 0 aromatic carbocycles. The Balaban J connectivity index is 3.74. The van der Waals surface area contributed by atoms with Gasteiger partial charge >= 0.3 is 5.97 Å². The molecule has 1 unspecified atom stereocenters. The van der Waals surface area contributed by atoms with E-state index in [2.05, 4.69) is 0 Å². The zero-order valence-electron chi connectivity index (χ0n) is 15.6. The second kappa shape index (κ2) is 17.6. The van der Waals surface area contributed by atoms with Crippen molar-refractivity contribution in [3.05, 3.63) is 72.9 Å². The lowest BCUT2D eigenvalue weighted by atomic mass is 10.2. The maximum Gasteiger partial charge on any atom is 0.303 e. The van der Waals surface area contributed by atoms with Crippen LogP contribution in [0.15, 0.2) is 72.9 Å². The first-order valence-electron chi connectivity index (χ1n) is 9.05. The first kappa shape index (κ1) is 23.8. The summed E-state index contributed by atoms with van der Waals surface area (Å²) >= 11 is 0. The predicted molar refractivity (Wildman–Crippen MR) is 108 cm³/mol. The topological polar surface area (TPSA) is 77.8 Å². The summed E-state index contributed by atoms with van der Waals surface area (Å²) in [6.45, 7) is 1.71. The minimum atomic E-state index is -0.769. The third-order valence-corrected chi connectivity index (χ3v) is 3.21. The van der Waals surface area contributed by atoms with Crippen molar-refractivity contribution in [1.82, 2.24) is 0 Å². The summed E-state index contributed by atoms with van der Waals surface area (Å²) < 4.78 is 0. The van der Waals surface area contributed by atoms with Gasteiger partial charge in [0.25, 0.3) is 0 Å². The Labute approximate surface area is 157 Å². The molecule has 0 spiro atoms. The maximum absolute atomic E-state index is 10.3. The van der Waals surface area contributed by atoms with Gasteiger partial charge < -0.3 is 15.3 Å². The summed E-state index contributed by atoms with van der Waals surface area (Å²) in [5.74, 6) is -0.769. The second-order valence-corrected chi connectivity index (χ2v) is 5.84. The second-order valence-electron chi connectivity index (χ2n) is 5.84. The largest absolute Gasteiger partial charge is 0.481 e. The van der Waals surface area contributed by atoms with Gasteiger partial charge in [-0.15, -0.1) is 0 Å². The molecule has 0 rings (SSSR count). The third-order valence-electron chi connectivity index (χ3n) is 3.21. The minimum Gasteiger partial charge on any atom is -0.481 e. The van der Waals surface area contributed by atoms with Crippen LogP contribution in [-0.2, 0) is 4.79 Å².